The molecule has 3 aromatic carbocycles. The Kier molecular flexibility index (Phi) is 10.9. The lowest BCUT2D eigenvalue weighted by Crippen LogP contribution is -2.53. The van der Waals surface area contributed by atoms with Gasteiger partial charge in [-0.1, -0.05) is 91.0 Å². The molecule has 1 saturated heterocycles. The van der Waals surface area contributed by atoms with Crippen LogP contribution in [0.2, 0.25) is 0 Å². The molecule has 6 nitrogen and oxygen atoms in total. The van der Waals surface area contributed by atoms with Crippen LogP contribution in [0.3, 0.4) is 0 Å². The lowest BCUT2D eigenvalue weighted by atomic mass is 10.0. The zero-order valence-corrected chi connectivity index (χ0v) is 20.9. The molecule has 0 radical (unpaired) electrons. The first-order chi connectivity index (χ1) is 17.8. The molecule has 4 rings (SSSR count). The Hall–Kier alpha value is -2.58. The molecule has 1 aliphatic rings. The summed E-state index contributed by atoms with van der Waals surface area (Å²) in [4.78, 5) is 0. The molecular formula is C30H36O6. The summed E-state index contributed by atoms with van der Waals surface area (Å²) >= 11 is 0. The fourth-order valence-electron chi connectivity index (χ4n) is 4.16. The van der Waals surface area contributed by atoms with Gasteiger partial charge in [0, 0.05) is 13.5 Å². The van der Waals surface area contributed by atoms with Crippen LogP contribution in [-0.4, -0.2) is 51.5 Å². The zero-order chi connectivity index (χ0) is 24.8. The second-order valence-electron chi connectivity index (χ2n) is 8.82. The van der Waals surface area contributed by atoms with Gasteiger partial charge >= 0.3 is 0 Å². The van der Waals surface area contributed by atoms with Gasteiger partial charge in [-0.3, -0.25) is 0 Å². The molecule has 0 aromatic heterocycles. The number of ether oxygens (including phenoxy) is 6. The van der Waals surface area contributed by atoms with Crippen LogP contribution in [0.5, 0.6) is 0 Å². The number of methoxy groups -OCH3 is 1. The van der Waals surface area contributed by atoms with E-state index in [2.05, 4.69) is 24.3 Å². The summed E-state index contributed by atoms with van der Waals surface area (Å²) in [7, 11) is 1.65. The highest BCUT2D eigenvalue weighted by Crippen LogP contribution is 2.28. The van der Waals surface area contributed by atoms with E-state index in [0.717, 1.165) is 16.7 Å². The standard InChI is InChI=1S/C30H36O6/c1-31-17-18-33-30-29(35-22-26-15-9-4-10-16-26)28(34-21-25-13-7-3-8-14-25)19-27(36-30)23-32-20-24-11-5-2-6-12-24/h2-16,27-30H,17-23H2,1H3/t27-,28-,29-,30-/m0/s1. The molecule has 192 valence electrons. The van der Waals surface area contributed by atoms with Crippen LogP contribution >= 0.6 is 0 Å². The first-order valence-corrected chi connectivity index (χ1v) is 12.5. The van der Waals surface area contributed by atoms with Crippen LogP contribution in [0.15, 0.2) is 91.0 Å². The van der Waals surface area contributed by atoms with Gasteiger partial charge in [0.15, 0.2) is 6.29 Å². The minimum absolute atomic E-state index is 0.182. The van der Waals surface area contributed by atoms with Crippen molar-refractivity contribution < 1.29 is 28.4 Å². The molecule has 0 spiro atoms. The Morgan fingerprint density at radius 1 is 0.667 bits per heavy atom. The summed E-state index contributed by atoms with van der Waals surface area (Å²) in [5.74, 6) is 0. The van der Waals surface area contributed by atoms with E-state index in [0.29, 0.717) is 46.1 Å². The quantitative estimate of drug-likeness (QED) is 0.290. The van der Waals surface area contributed by atoms with Gasteiger partial charge in [0.1, 0.15) is 6.10 Å². The van der Waals surface area contributed by atoms with E-state index >= 15 is 0 Å². The van der Waals surface area contributed by atoms with Crippen LogP contribution < -0.4 is 0 Å². The van der Waals surface area contributed by atoms with Gasteiger partial charge in [-0.25, -0.2) is 0 Å². The van der Waals surface area contributed by atoms with Crippen LogP contribution in [0.25, 0.3) is 0 Å². The molecule has 0 amide bonds. The maximum absolute atomic E-state index is 6.43. The molecule has 4 atom stereocenters. The molecule has 0 unspecified atom stereocenters. The summed E-state index contributed by atoms with van der Waals surface area (Å²) in [6.07, 6.45) is -0.746. The van der Waals surface area contributed by atoms with Crippen molar-refractivity contribution in [3.63, 3.8) is 0 Å². The summed E-state index contributed by atoms with van der Waals surface area (Å²) in [5.41, 5.74) is 3.32. The van der Waals surface area contributed by atoms with E-state index in [1.165, 1.54) is 0 Å². The maximum atomic E-state index is 6.43. The number of rotatable bonds is 14. The predicted octanol–water partition coefficient (Wildman–Crippen LogP) is 5.15. The molecule has 3 aromatic rings. The summed E-state index contributed by atoms with van der Waals surface area (Å²) < 4.78 is 36.4. The molecule has 1 heterocycles. The Morgan fingerprint density at radius 2 is 1.22 bits per heavy atom. The van der Waals surface area contributed by atoms with Crippen molar-refractivity contribution >= 4 is 0 Å². The Balaban J connectivity index is 1.44. The number of hydrogen-bond donors (Lipinski definition) is 0. The van der Waals surface area contributed by atoms with Gasteiger partial charge in [0.05, 0.1) is 51.8 Å². The summed E-state index contributed by atoms with van der Waals surface area (Å²) in [5, 5.41) is 0. The van der Waals surface area contributed by atoms with Gasteiger partial charge in [0.25, 0.3) is 0 Å². The minimum Gasteiger partial charge on any atom is -0.382 e. The minimum atomic E-state index is -0.594. The maximum Gasteiger partial charge on any atom is 0.186 e. The second kappa shape index (κ2) is 14.9. The average molecular weight is 493 g/mol. The van der Waals surface area contributed by atoms with Crippen LogP contribution in [0.4, 0.5) is 0 Å². The topological polar surface area (TPSA) is 55.4 Å². The lowest BCUT2D eigenvalue weighted by Gasteiger charge is -2.41. The molecule has 6 heteroatoms. The fraction of sp³-hybridized carbons (Fsp3) is 0.400. The van der Waals surface area contributed by atoms with Gasteiger partial charge in [-0.15, -0.1) is 0 Å². The van der Waals surface area contributed by atoms with Crippen molar-refractivity contribution in [3.05, 3.63) is 108 Å². The van der Waals surface area contributed by atoms with E-state index in [4.69, 9.17) is 28.4 Å². The van der Waals surface area contributed by atoms with Crippen molar-refractivity contribution in [1.29, 1.82) is 0 Å². The van der Waals surface area contributed by atoms with E-state index in [1.54, 1.807) is 7.11 Å². The average Bonchev–Trinajstić information content (AvgIpc) is 2.93. The van der Waals surface area contributed by atoms with Gasteiger partial charge in [-0.05, 0) is 16.7 Å². The molecule has 1 fully saturated rings. The first-order valence-electron chi connectivity index (χ1n) is 12.5. The Morgan fingerprint density at radius 3 is 1.81 bits per heavy atom. The van der Waals surface area contributed by atoms with Gasteiger partial charge < -0.3 is 28.4 Å². The van der Waals surface area contributed by atoms with E-state index < -0.39 is 12.4 Å². The molecule has 0 N–H and O–H groups in total. The highest BCUT2D eigenvalue weighted by molar-refractivity contribution is 5.15. The van der Waals surface area contributed by atoms with E-state index in [-0.39, 0.29) is 12.2 Å². The van der Waals surface area contributed by atoms with Crippen LogP contribution in [0.1, 0.15) is 23.1 Å². The van der Waals surface area contributed by atoms with Crippen LogP contribution in [0, 0.1) is 0 Å². The largest absolute Gasteiger partial charge is 0.382 e. The van der Waals surface area contributed by atoms with E-state index in [9.17, 15) is 0 Å². The summed E-state index contributed by atoms with van der Waals surface area (Å²) in [6.45, 7) is 2.76. The smallest absolute Gasteiger partial charge is 0.186 e. The normalized spacial score (nSPS) is 21.9. The van der Waals surface area contributed by atoms with E-state index in [1.807, 2.05) is 66.7 Å². The molecule has 1 aliphatic heterocycles. The highest BCUT2D eigenvalue weighted by atomic mass is 16.7. The summed E-state index contributed by atoms with van der Waals surface area (Å²) in [6, 6.07) is 30.4. The van der Waals surface area contributed by atoms with Crippen molar-refractivity contribution in [3.8, 4) is 0 Å². The fourth-order valence-corrected chi connectivity index (χ4v) is 4.16. The number of hydrogen-bond acceptors (Lipinski definition) is 6. The second-order valence-corrected chi connectivity index (χ2v) is 8.82. The Labute approximate surface area is 214 Å². The van der Waals surface area contributed by atoms with Crippen molar-refractivity contribution in [1.82, 2.24) is 0 Å². The molecular weight excluding hydrogens is 456 g/mol. The molecule has 0 saturated carbocycles. The third kappa shape index (κ3) is 8.52. The van der Waals surface area contributed by atoms with Crippen molar-refractivity contribution in [2.24, 2.45) is 0 Å². The third-order valence-corrected chi connectivity index (χ3v) is 6.03. The lowest BCUT2D eigenvalue weighted by molar-refractivity contribution is -0.294. The van der Waals surface area contributed by atoms with Crippen LogP contribution in [-0.2, 0) is 48.2 Å². The molecule has 0 bridgehead atoms. The monoisotopic (exact) mass is 492 g/mol. The van der Waals surface area contributed by atoms with Gasteiger partial charge in [0.2, 0.25) is 0 Å². The van der Waals surface area contributed by atoms with Crippen molar-refractivity contribution in [2.75, 3.05) is 26.9 Å². The SMILES string of the molecule is COCCO[C@H]1O[C@H](COCc2ccccc2)C[C@H](OCc2ccccc2)[C@@H]1OCc1ccccc1. The first kappa shape index (κ1) is 26.5. The molecule has 36 heavy (non-hydrogen) atoms. The number of benzene rings is 3. The third-order valence-electron chi connectivity index (χ3n) is 6.03. The zero-order valence-electron chi connectivity index (χ0n) is 20.9. The van der Waals surface area contributed by atoms with Crippen molar-refractivity contribution in [2.45, 2.75) is 50.8 Å². The predicted molar refractivity (Wildman–Crippen MR) is 137 cm³/mol. The Bertz CT molecular complexity index is 969. The highest BCUT2D eigenvalue weighted by Gasteiger charge is 2.41. The van der Waals surface area contributed by atoms with Gasteiger partial charge in [-0.2, -0.15) is 0 Å². The molecule has 0 aliphatic carbocycles.